The highest BCUT2D eigenvalue weighted by Gasteiger charge is 2.46. The number of aromatic nitrogens is 1. The number of hydrogen-bond donors (Lipinski definition) is 1. The van der Waals surface area contributed by atoms with Gasteiger partial charge in [-0.15, -0.1) is 0 Å². The summed E-state index contributed by atoms with van der Waals surface area (Å²) in [5.41, 5.74) is 3.55. The lowest BCUT2D eigenvalue weighted by Gasteiger charge is -2.24. The highest BCUT2D eigenvalue weighted by Crippen LogP contribution is 2.43. The number of Topliss-reactive ketones (excluding diaryl/α,β-unsaturated/α-hetero) is 1. The Morgan fingerprint density at radius 1 is 1.19 bits per heavy atom. The lowest BCUT2D eigenvalue weighted by atomic mass is 9.93. The number of rotatable bonds is 4. The van der Waals surface area contributed by atoms with Crippen molar-refractivity contribution >= 4 is 28.4 Å². The van der Waals surface area contributed by atoms with Crippen molar-refractivity contribution < 1.29 is 19.4 Å². The van der Waals surface area contributed by atoms with Crippen molar-refractivity contribution in [3.05, 3.63) is 70.9 Å². The number of aliphatic hydroxyl groups excluding tert-OH is 1. The maximum atomic E-state index is 13.2. The molecule has 1 N–H and O–H groups in total. The van der Waals surface area contributed by atoms with Crippen LogP contribution in [0.5, 0.6) is 5.75 Å². The van der Waals surface area contributed by atoms with Crippen LogP contribution < -0.4 is 4.74 Å². The fourth-order valence-electron chi connectivity index (χ4n) is 4.93. The van der Waals surface area contributed by atoms with Gasteiger partial charge in [0.05, 0.1) is 18.2 Å². The number of ether oxygens (including phenoxy) is 1. The zero-order chi connectivity index (χ0) is 22.4. The molecule has 0 spiro atoms. The maximum Gasteiger partial charge on any atom is 0.295 e. The van der Waals surface area contributed by atoms with Crippen LogP contribution in [0.1, 0.15) is 42.5 Å². The average molecular weight is 431 g/mol. The van der Waals surface area contributed by atoms with Gasteiger partial charge in [-0.1, -0.05) is 25.1 Å². The second kappa shape index (κ2) is 7.86. The van der Waals surface area contributed by atoms with Crippen LogP contribution in [-0.4, -0.2) is 39.4 Å². The molecule has 6 nitrogen and oxygen atoms in total. The van der Waals surface area contributed by atoms with Gasteiger partial charge >= 0.3 is 0 Å². The van der Waals surface area contributed by atoms with Crippen LogP contribution in [0.2, 0.25) is 0 Å². The molecule has 2 aliphatic rings. The van der Waals surface area contributed by atoms with Gasteiger partial charge < -0.3 is 19.3 Å². The molecule has 0 bridgehead atoms. The summed E-state index contributed by atoms with van der Waals surface area (Å²) in [6, 6.07) is 12.7. The van der Waals surface area contributed by atoms with E-state index in [2.05, 4.69) is 0 Å². The monoisotopic (exact) mass is 430 g/mol. The summed E-state index contributed by atoms with van der Waals surface area (Å²) in [5.74, 6) is -0.520. The summed E-state index contributed by atoms with van der Waals surface area (Å²) in [7, 11) is 1.95. The van der Waals surface area contributed by atoms with Crippen LogP contribution in [0.25, 0.3) is 16.7 Å². The fraction of sp³-hybridized carbons (Fsp3) is 0.308. The molecule has 5 rings (SSSR count). The Morgan fingerprint density at radius 2 is 2.00 bits per heavy atom. The van der Waals surface area contributed by atoms with Crippen molar-refractivity contribution in [2.75, 3.05) is 13.2 Å². The molecule has 2 aromatic carbocycles. The van der Waals surface area contributed by atoms with Gasteiger partial charge in [-0.25, -0.2) is 0 Å². The highest BCUT2D eigenvalue weighted by molar-refractivity contribution is 6.46. The number of ketones is 1. The molecule has 0 radical (unpaired) electrons. The van der Waals surface area contributed by atoms with Crippen molar-refractivity contribution in [2.45, 2.75) is 32.2 Å². The van der Waals surface area contributed by atoms with Gasteiger partial charge in [-0.2, -0.15) is 0 Å². The van der Waals surface area contributed by atoms with Crippen molar-refractivity contribution in [1.82, 2.24) is 9.47 Å². The first-order valence-corrected chi connectivity index (χ1v) is 11.1. The number of fused-ring (bicyclic) bond motifs is 2. The van der Waals surface area contributed by atoms with E-state index in [0.717, 1.165) is 40.6 Å². The van der Waals surface area contributed by atoms with E-state index in [1.54, 1.807) is 11.0 Å². The van der Waals surface area contributed by atoms with Gasteiger partial charge in [0.15, 0.2) is 0 Å². The van der Waals surface area contributed by atoms with Gasteiger partial charge in [-0.3, -0.25) is 9.59 Å². The molecule has 3 aromatic rings. The fourth-order valence-corrected chi connectivity index (χ4v) is 4.93. The Bertz CT molecular complexity index is 1270. The van der Waals surface area contributed by atoms with E-state index in [4.69, 9.17) is 4.74 Å². The summed E-state index contributed by atoms with van der Waals surface area (Å²) in [5, 5.41) is 12.3. The van der Waals surface area contributed by atoms with Gasteiger partial charge in [0.1, 0.15) is 11.5 Å². The summed E-state index contributed by atoms with van der Waals surface area (Å²) in [6.45, 7) is 3.10. The van der Waals surface area contributed by atoms with Crippen molar-refractivity contribution in [2.24, 2.45) is 7.05 Å². The van der Waals surface area contributed by atoms with E-state index in [1.807, 2.05) is 61.1 Å². The van der Waals surface area contributed by atoms with Crippen LogP contribution in [0, 0.1) is 0 Å². The van der Waals surface area contributed by atoms with E-state index in [0.29, 0.717) is 25.1 Å². The van der Waals surface area contributed by atoms with Crippen LogP contribution in [0.4, 0.5) is 0 Å². The number of carbonyl (C=O) groups excluding carboxylic acids is 2. The van der Waals surface area contributed by atoms with Crippen LogP contribution in [0.3, 0.4) is 0 Å². The zero-order valence-corrected chi connectivity index (χ0v) is 18.3. The van der Waals surface area contributed by atoms with Crippen LogP contribution in [0.15, 0.2) is 54.2 Å². The summed E-state index contributed by atoms with van der Waals surface area (Å²) < 4.78 is 7.68. The topological polar surface area (TPSA) is 71.8 Å². The molecule has 1 atom stereocenters. The second-order valence-electron chi connectivity index (χ2n) is 8.48. The highest BCUT2D eigenvalue weighted by atomic mass is 16.5. The van der Waals surface area contributed by atoms with Crippen LogP contribution >= 0.6 is 0 Å². The lowest BCUT2D eigenvalue weighted by molar-refractivity contribution is -0.139. The third-order valence-corrected chi connectivity index (χ3v) is 6.41. The van der Waals surface area contributed by atoms with Crippen molar-refractivity contribution in [3.8, 4) is 5.75 Å². The van der Waals surface area contributed by atoms with E-state index >= 15 is 0 Å². The number of hydrogen-bond acceptors (Lipinski definition) is 4. The Kier molecular flexibility index (Phi) is 5.00. The predicted molar refractivity (Wildman–Crippen MR) is 122 cm³/mol. The second-order valence-corrected chi connectivity index (χ2v) is 8.48. The molecule has 1 aromatic heterocycles. The number of carbonyl (C=O) groups is 2. The Morgan fingerprint density at radius 3 is 2.81 bits per heavy atom. The standard InChI is InChI=1S/C26H26N2O4/c1-3-12-28-23(19-15-27(2)20-9-5-4-8-18(19)20)22(25(30)26(28)31)24(29)17-10-11-21-16(14-17)7-6-13-32-21/h4-5,8-11,14-15,23,29H,3,6-7,12-13H2,1-2H3/b24-22+. The Balaban J connectivity index is 1.71. The molecule has 0 aliphatic carbocycles. The number of aliphatic hydroxyl groups is 1. The number of amides is 1. The number of likely N-dealkylation sites (tertiary alicyclic amines) is 1. The molecule has 1 unspecified atom stereocenters. The first kappa shape index (κ1) is 20.4. The van der Waals surface area contributed by atoms with Crippen LogP contribution in [-0.2, 0) is 23.1 Å². The first-order chi connectivity index (χ1) is 15.5. The normalized spacial score (nSPS) is 19.9. The minimum atomic E-state index is -0.636. The Hall–Kier alpha value is -3.54. The van der Waals surface area contributed by atoms with Gasteiger partial charge in [0.2, 0.25) is 0 Å². The number of para-hydroxylation sites is 1. The number of nitrogens with zero attached hydrogens (tertiary/aromatic N) is 2. The van der Waals surface area contributed by atoms with E-state index in [-0.39, 0.29) is 11.3 Å². The summed E-state index contributed by atoms with van der Waals surface area (Å²) in [6.07, 6.45) is 4.43. The smallest absolute Gasteiger partial charge is 0.295 e. The molecule has 1 amide bonds. The quantitative estimate of drug-likeness (QED) is 0.380. The average Bonchev–Trinajstić information content (AvgIpc) is 3.27. The molecule has 1 saturated heterocycles. The first-order valence-electron chi connectivity index (χ1n) is 11.1. The molecular formula is C26H26N2O4. The molecule has 1 fully saturated rings. The summed E-state index contributed by atoms with van der Waals surface area (Å²) >= 11 is 0. The van der Waals surface area contributed by atoms with Gasteiger partial charge in [0, 0.05) is 41.8 Å². The largest absolute Gasteiger partial charge is 0.507 e. The molecule has 3 heterocycles. The minimum absolute atomic E-state index is 0.131. The number of aryl methyl sites for hydroxylation is 2. The lowest BCUT2D eigenvalue weighted by Crippen LogP contribution is -2.30. The third kappa shape index (κ3) is 3.09. The minimum Gasteiger partial charge on any atom is -0.507 e. The molecule has 32 heavy (non-hydrogen) atoms. The molecular weight excluding hydrogens is 404 g/mol. The molecule has 0 saturated carbocycles. The number of benzene rings is 2. The van der Waals surface area contributed by atoms with Gasteiger partial charge in [0.25, 0.3) is 11.7 Å². The van der Waals surface area contributed by atoms with Gasteiger partial charge in [-0.05, 0) is 49.1 Å². The van der Waals surface area contributed by atoms with Crippen molar-refractivity contribution in [3.63, 3.8) is 0 Å². The molecule has 164 valence electrons. The molecule has 2 aliphatic heterocycles. The SMILES string of the molecule is CCCN1C(=O)C(=O)/C(=C(/O)c2ccc3c(c2)CCCO3)C1c1cn(C)c2ccccc12. The third-order valence-electron chi connectivity index (χ3n) is 6.41. The van der Waals surface area contributed by atoms with Crippen molar-refractivity contribution in [1.29, 1.82) is 0 Å². The zero-order valence-electron chi connectivity index (χ0n) is 18.3. The Labute approximate surface area is 186 Å². The van der Waals surface area contributed by atoms with E-state index < -0.39 is 17.7 Å². The predicted octanol–water partition coefficient (Wildman–Crippen LogP) is 4.34. The molecule has 6 heteroatoms. The summed E-state index contributed by atoms with van der Waals surface area (Å²) in [4.78, 5) is 27.8. The van der Waals surface area contributed by atoms with E-state index in [1.165, 1.54) is 0 Å². The maximum absolute atomic E-state index is 13.2. The van der Waals surface area contributed by atoms with E-state index in [9.17, 15) is 14.7 Å².